The molecule has 0 aromatic heterocycles. The topological polar surface area (TPSA) is 161 Å². The van der Waals surface area contributed by atoms with Gasteiger partial charge in [0.15, 0.2) is 0 Å². The van der Waals surface area contributed by atoms with E-state index in [9.17, 15) is 0 Å². The van der Waals surface area contributed by atoms with E-state index in [2.05, 4.69) is 0 Å². The van der Waals surface area contributed by atoms with E-state index in [0.717, 1.165) is 0 Å². The Hall–Kier alpha value is 0.949. The maximum atomic E-state index is 8.59. The van der Waals surface area contributed by atoms with Crippen molar-refractivity contribution in [3.63, 3.8) is 0 Å². The van der Waals surface area contributed by atoms with Gasteiger partial charge in [0.25, 0.3) is 0 Å². The summed E-state index contributed by atoms with van der Waals surface area (Å²) < 4.78 is 68.8. The van der Waals surface area contributed by atoms with E-state index in [0.29, 0.717) is 0 Å². The molecule has 0 aromatic carbocycles. The van der Waals surface area contributed by atoms with Gasteiger partial charge < -0.3 is 0 Å². The number of rotatable bonds is 0. The Bertz CT molecular complexity index is 208. The van der Waals surface area contributed by atoms with E-state index in [4.69, 9.17) is 32.1 Å². The van der Waals surface area contributed by atoms with Crippen molar-refractivity contribution in [3.8, 4) is 0 Å². The van der Waals surface area contributed by atoms with Gasteiger partial charge in [0.2, 0.25) is 0 Å². The van der Waals surface area contributed by atoms with Gasteiger partial charge in [-0.05, 0) is 0 Å². The molecule has 0 aliphatic carbocycles. The van der Waals surface area contributed by atoms with Crippen LogP contribution < -0.4 is 16.8 Å². The van der Waals surface area contributed by atoms with Crippen molar-refractivity contribution < 1.29 is 57.9 Å². The van der Waals surface area contributed by atoms with Gasteiger partial charge in [0, 0.05) is 0 Å². The molecule has 0 rings (SSSR count). The Kier molecular flexibility index (Phi) is 10.5. The molecule has 0 saturated carbocycles. The molecule has 0 spiro atoms. The summed E-state index contributed by atoms with van der Waals surface area (Å²) in [6.45, 7) is 0. The average molecular weight is 464 g/mol. The zero-order chi connectivity index (χ0) is 9.00. The molecule has 8 nitrogen and oxygen atoms in total. The summed E-state index contributed by atoms with van der Waals surface area (Å²) in [7, 11) is 0. The van der Waals surface area contributed by atoms with Crippen molar-refractivity contribution >= 4 is 26.7 Å². The van der Waals surface area contributed by atoms with Gasteiger partial charge in [0.1, 0.15) is 0 Å². The van der Waals surface area contributed by atoms with Gasteiger partial charge in [-0.25, -0.2) is 0 Å². The number of hydrogen-bond donors (Lipinski definition) is 0. The Morgan fingerprint density at radius 2 is 0.636 bits per heavy atom. The van der Waals surface area contributed by atoms with Crippen molar-refractivity contribution in [3.05, 3.63) is 0 Å². The van der Waals surface area contributed by atoms with Crippen molar-refractivity contribution in [2.24, 2.45) is 0 Å². The molecule has 0 atom stereocenters. The predicted octanol–water partition coefficient (Wildman–Crippen LogP) is -6.00. The molecule has 0 heterocycles. The molecule has 0 aliphatic heterocycles. The Morgan fingerprint density at radius 1 is 0.636 bits per heavy atom. The molecule has 0 radical (unpaired) electrons. The summed E-state index contributed by atoms with van der Waals surface area (Å²) in [6.07, 6.45) is 0. The summed E-state index contributed by atoms with van der Waals surface area (Å²) in [5.41, 5.74) is 0. The van der Waals surface area contributed by atoms with Crippen LogP contribution in [0.2, 0.25) is 0 Å². The minimum Gasteiger partial charge on any atom is 4.00 e. The fourth-order valence-corrected chi connectivity index (χ4v) is 0. The second kappa shape index (κ2) is 6.46. The fourth-order valence-electron chi connectivity index (χ4n) is 0. The van der Waals surface area contributed by atoms with Crippen molar-refractivity contribution in [2.45, 2.75) is 0 Å². The average Bonchev–Trinajstić information content (AvgIpc) is 1.12. The first-order chi connectivity index (χ1) is 4.00. The molecule has 0 aromatic rings. The molecule has 0 bridgehead atoms. The summed E-state index contributed by atoms with van der Waals surface area (Å²) >= 11 is -11.5. The summed E-state index contributed by atoms with van der Waals surface area (Å²) in [4.78, 5) is 0. The van der Waals surface area contributed by atoms with Gasteiger partial charge in [0.05, 0.1) is 0 Å². The third-order valence-corrected chi connectivity index (χ3v) is 0. The first-order valence-electron chi connectivity index (χ1n) is 1.33. The summed E-state index contributed by atoms with van der Waals surface area (Å²) in [5, 5.41) is 0. The standard InChI is InChI=1S/Hf.2H2O4Se/c;2*1-5(2,3)4/h;2*(H2,1,2,3,4)/q+4;;/p-4. The Morgan fingerprint density at radius 3 is 0.636 bits per heavy atom. The zero-order valence-corrected chi connectivity index (χ0v) is 11.6. The quantitative estimate of drug-likeness (QED) is 0.320. The third kappa shape index (κ3) is 973. The molecular weight excluding hydrogens is 464 g/mol. The van der Waals surface area contributed by atoms with E-state index in [1.165, 1.54) is 0 Å². The van der Waals surface area contributed by atoms with Crippen LogP contribution in [0.15, 0.2) is 0 Å². The van der Waals surface area contributed by atoms with Gasteiger partial charge in [-0.15, -0.1) is 0 Å². The van der Waals surface area contributed by atoms with Crippen molar-refractivity contribution in [2.75, 3.05) is 0 Å². The zero-order valence-electron chi connectivity index (χ0n) is 4.58. The van der Waals surface area contributed by atoms with Gasteiger partial charge in [-0.3, -0.25) is 0 Å². The van der Waals surface area contributed by atoms with E-state index < -0.39 is 26.7 Å². The summed E-state index contributed by atoms with van der Waals surface area (Å²) in [6, 6.07) is 0. The molecule has 11 heavy (non-hydrogen) atoms. The molecule has 0 N–H and O–H groups in total. The summed E-state index contributed by atoms with van der Waals surface area (Å²) in [5.74, 6) is 0. The number of hydrogen-bond acceptors (Lipinski definition) is 8. The second-order valence-corrected chi connectivity index (χ2v) is 4.24. The molecule has 0 saturated heterocycles. The molecule has 0 unspecified atom stereocenters. The van der Waals surface area contributed by atoms with Crippen LogP contribution in [-0.4, -0.2) is 26.7 Å². The molecule has 0 amide bonds. The molecule has 64 valence electrons. The maximum Gasteiger partial charge on any atom is 4.00 e. The van der Waals surface area contributed by atoms with Gasteiger partial charge in [-0.2, -0.15) is 0 Å². The smallest absolute Gasteiger partial charge is 4.00 e. The van der Waals surface area contributed by atoms with Crippen LogP contribution in [0.4, 0.5) is 0 Å². The van der Waals surface area contributed by atoms with E-state index >= 15 is 0 Å². The SMILES string of the molecule is O=[Se](=O)([O-])[O-].O=[Se](=O)([O-])[O-].[Hf+4]. The van der Waals surface area contributed by atoms with Crippen LogP contribution >= 0.6 is 0 Å². The van der Waals surface area contributed by atoms with E-state index in [1.54, 1.807) is 0 Å². The normalized spacial score (nSPS) is 10.5. The first-order valence-corrected chi connectivity index (χ1v) is 6.93. The first kappa shape index (κ1) is 17.9. The van der Waals surface area contributed by atoms with Crippen molar-refractivity contribution in [1.29, 1.82) is 0 Å². The minimum atomic E-state index is -5.75. The largest absolute Gasteiger partial charge is 4.00 e. The molecular formula is HfO8Se2. The second-order valence-electron chi connectivity index (χ2n) is 0.816. The Labute approximate surface area is 84.2 Å². The van der Waals surface area contributed by atoms with E-state index in [-0.39, 0.29) is 25.8 Å². The van der Waals surface area contributed by atoms with Crippen LogP contribution in [0.5, 0.6) is 0 Å². The van der Waals surface area contributed by atoms with Gasteiger partial charge >= 0.3 is 84.7 Å². The molecule has 0 aliphatic rings. The van der Waals surface area contributed by atoms with Gasteiger partial charge in [-0.1, -0.05) is 0 Å². The maximum absolute atomic E-state index is 8.59. The molecule has 0 fully saturated rings. The molecule has 11 heteroatoms. The van der Waals surface area contributed by atoms with Crippen LogP contribution in [0.1, 0.15) is 0 Å². The van der Waals surface area contributed by atoms with Crippen LogP contribution in [0, 0.1) is 0 Å². The minimum absolute atomic E-state index is 0. The van der Waals surface area contributed by atoms with Crippen LogP contribution in [0.25, 0.3) is 0 Å². The fraction of sp³-hybridized carbons (Fsp3) is 0. The predicted molar refractivity (Wildman–Crippen MR) is 14.3 cm³/mol. The third-order valence-electron chi connectivity index (χ3n) is 0. The van der Waals surface area contributed by atoms with Crippen LogP contribution in [-0.2, 0) is 41.2 Å². The van der Waals surface area contributed by atoms with Crippen LogP contribution in [0.3, 0.4) is 0 Å². The van der Waals surface area contributed by atoms with Crippen molar-refractivity contribution in [1.82, 2.24) is 0 Å². The van der Waals surface area contributed by atoms with E-state index in [1.807, 2.05) is 0 Å². The monoisotopic (exact) mass is 468 g/mol. The Balaban J connectivity index is -0.000000107.